The molecule has 0 bridgehead atoms. The zero-order chi connectivity index (χ0) is 25.5. The van der Waals surface area contributed by atoms with E-state index in [0.29, 0.717) is 29.4 Å². The van der Waals surface area contributed by atoms with E-state index in [4.69, 9.17) is 14.2 Å². The predicted octanol–water partition coefficient (Wildman–Crippen LogP) is 4.52. The molecule has 190 valence electrons. The van der Waals surface area contributed by atoms with Crippen molar-refractivity contribution in [2.45, 2.75) is 51.3 Å². The van der Waals surface area contributed by atoms with Crippen LogP contribution in [0, 0.1) is 6.92 Å². The molecule has 9 heteroatoms. The van der Waals surface area contributed by atoms with Gasteiger partial charge in [-0.3, -0.25) is 9.59 Å². The van der Waals surface area contributed by atoms with Crippen LogP contribution in [0.15, 0.2) is 47.8 Å². The number of thiazole rings is 1. The maximum Gasteiger partial charge on any atom is 0.271 e. The van der Waals surface area contributed by atoms with E-state index in [2.05, 4.69) is 15.6 Å². The zero-order valence-electron chi connectivity index (χ0n) is 20.7. The number of aryl methyl sites for hydroxylation is 1. The molecule has 3 aromatic rings. The largest absolute Gasteiger partial charge is 0.497 e. The number of aromatic nitrogens is 1. The molecule has 36 heavy (non-hydrogen) atoms. The summed E-state index contributed by atoms with van der Waals surface area (Å²) in [7, 11) is 3.09. The highest BCUT2D eigenvalue weighted by Crippen LogP contribution is 2.24. The van der Waals surface area contributed by atoms with E-state index in [1.54, 1.807) is 37.8 Å². The van der Waals surface area contributed by atoms with Gasteiger partial charge in [0.15, 0.2) is 0 Å². The number of methoxy groups -OCH3 is 2. The van der Waals surface area contributed by atoms with Crippen LogP contribution in [0.3, 0.4) is 0 Å². The molecule has 0 radical (unpaired) electrons. The first-order chi connectivity index (χ1) is 17.4. The Labute approximate surface area is 215 Å². The number of amides is 2. The van der Waals surface area contributed by atoms with Crippen LogP contribution in [0.1, 0.15) is 57.1 Å². The second kappa shape index (κ2) is 11.9. The normalized spacial score (nSPS) is 17.2. The lowest BCUT2D eigenvalue weighted by Crippen LogP contribution is -2.53. The van der Waals surface area contributed by atoms with Crippen LogP contribution < -0.4 is 24.8 Å². The van der Waals surface area contributed by atoms with Crippen molar-refractivity contribution in [2.24, 2.45) is 0 Å². The van der Waals surface area contributed by atoms with Gasteiger partial charge < -0.3 is 24.8 Å². The summed E-state index contributed by atoms with van der Waals surface area (Å²) in [5, 5.41) is 8.63. The summed E-state index contributed by atoms with van der Waals surface area (Å²) < 4.78 is 16.3. The highest BCUT2D eigenvalue weighted by atomic mass is 32.1. The van der Waals surface area contributed by atoms with Gasteiger partial charge >= 0.3 is 0 Å². The van der Waals surface area contributed by atoms with Gasteiger partial charge in [-0.25, -0.2) is 4.98 Å². The first-order valence-corrected chi connectivity index (χ1v) is 12.8. The highest BCUT2D eigenvalue weighted by molar-refractivity contribution is 7.09. The third-order valence-electron chi connectivity index (χ3n) is 6.18. The minimum absolute atomic E-state index is 0.184. The van der Waals surface area contributed by atoms with Crippen LogP contribution in [0.25, 0.3) is 0 Å². The van der Waals surface area contributed by atoms with Gasteiger partial charge in [-0.15, -0.1) is 11.3 Å². The Morgan fingerprint density at radius 3 is 2.14 bits per heavy atom. The molecule has 0 spiro atoms. The molecule has 1 heterocycles. The second-order valence-electron chi connectivity index (χ2n) is 8.77. The Bertz CT molecular complexity index is 1170. The summed E-state index contributed by atoms with van der Waals surface area (Å²) in [6.07, 6.45) is 3.53. The third-order valence-corrected chi connectivity index (χ3v) is 7.00. The van der Waals surface area contributed by atoms with Crippen LogP contribution in [-0.2, 0) is 6.61 Å². The Morgan fingerprint density at radius 2 is 1.53 bits per heavy atom. The molecule has 0 unspecified atom stereocenters. The molecule has 1 aromatic heterocycles. The maximum absolute atomic E-state index is 13.0. The number of nitrogens with one attached hydrogen (secondary N) is 2. The maximum atomic E-state index is 13.0. The van der Waals surface area contributed by atoms with Crippen molar-refractivity contribution >= 4 is 23.2 Å². The van der Waals surface area contributed by atoms with Gasteiger partial charge in [-0.2, -0.15) is 0 Å². The smallest absolute Gasteiger partial charge is 0.271 e. The predicted molar refractivity (Wildman–Crippen MR) is 138 cm³/mol. The van der Waals surface area contributed by atoms with Gasteiger partial charge in [0.1, 0.15) is 34.6 Å². The van der Waals surface area contributed by atoms with E-state index >= 15 is 0 Å². The van der Waals surface area contributed by atoms with E-state index in [0.717, 1.165) is 42.0 Å². The molecule has 1 aliphatic carbocycles. The fourth-order valence-electron chi connectivity index (χ4n) is 4.17. The Balaban J connectivity index is 1.36. The van der Waals surface area contributed by atoms with Crippen LogP contribution in [0.4, 0.5) is 0 Å². The molecule has 1 fully saturated rings. The monoisotopic (exact) mass is 509 g/mol. The van der Waals surface area contributed by atoms with E-state index in [9.17, 15) is 9.59 Å². The fraction of sp³-hybridized carbons (Fsp3) is 0.370. The van der Waals surface area contributed by atoms with Crippen molar-refractivity contribution in [1.29, 1.82) is 0 Å². The number of rotatable bonds is 9. The van der Waals surface area contributed by atoms with E-state index < -0.39 is 0 Å². The molecule has 4 rings (SSSR count). The first-order valence-electron chi connectivity index (χ1n) is 11.9. The molecular formula is C27H31N3O5S. The molecule has 1 aliphatic rings. The minimum Gasteiger partial charge on any atom is -0.497 e. The molecule has 2 atom stereocenters. The van der Waals surface area contributed by atoms with E-state index in [-0.39, 0.29) is 23.9 Å². The lowest BCUT2D eigenvalue weighted by Gasteiger charge is -2.32. The van der Waals surface area contributed by atoms with Gasteiger partial charge in [-0.05, 0) is 44.0 Å². The van der Waals surface area contributed by atoms with Crippen molar-refractivity contribution in [2.75, 3.05) is 14.2 Å². The van der Waals surface area contributed by atoms with Gasteiger partial charge in [0.2, 0.25) is 0 Å². The van der Waals surface area contributed by atoms with Gasteiger partial charge in [0.25, 0.3) is 11.8 Å². The van der Waals surface area contributed by atoms with Gasteiger partial charge in [0, 0.05) is 29.1 Å². The summed E-state index contributed by atoms with van der Waals surface area (Å²) >= 11 is 1.39. The number of carbonyl (C=O) groups excluding carboxylic acids is 2. The number of ether oxygens (including phenoxy) is 3. The Morgan fingerprint density at radius 1 is 0.917 bits per heavy atom. The lowest BCUT2D eigenvalue weighted by atomic mass is 9.90. The van der Waals surface area contributed by atoms with Crippen LogP contribution in [-0.4, -0.2) is 43.1 Å². The molecule has 1 saturated carbocycles. The number of hydrogen-bond donors (Lipinski definition) is 2. The molecule has 2 aromatic carbocycles. The van der Waals surface area contributed by atoms with Crippen LogP contribution in [0.5, 0.6) is 17.2 Å². The molecule has 2 N–H and O–H groups in total. The topological polar surface area (TPSA) is 98.8 Å². The number of carbonyl (C=O) groups is 2. The molecule has 0 aliphatic heterocycles. The van der Waals surface area contributed by atoms with Crippen LogP contribution >= 0.6 is 11.3 Å². The van der Waals surface area contributed by atoms with Crippen molar-refractivity contribution < 1.29 is 23.8 Å². The zero-order valence-corrected chi connectivity index (χ0v) is 21.5. The quantitative estimate of drug-likeness (QED) is 0.440. The average Bonchev–Trinajstić information content (AvgIpc) is 3.38. The Hall–Kier alpha value is -3.59. The highest BCUT2D eigenvalue weighted by Gasteiger charge is 2.29. The first kappa shape index (κ1) is 25.5. The van der Waals surface area contributed by atoms with Crippen molar-refractivity contribution in [3.05, 3.63) is 69.7 Å². The van der Waals surface area contributed by atoms with E-state index in [1.807, 2.05) is 31.2 Å². The van der Waals surface area contributed by atoms with Crippen LogP contribution in [0.2, 0.25) is 0 Å². The summed E-state index contributed by atoms with van der Waals surface area (Å²) in [6.45, 7) is 2.32. The van der Waals surface area contributed by atoms with Crippen molar-refractivity contribution in [3.8, 4) is 17.2 Å². The number of hydrogen-bond acceptors (Lipinski definition) is 7. The Kier molecular flexibility index (Phi) is 8.43. The standard InChI is InChI=1S/C27H31N3O5S/c1-17-8-10-19(11-9-17)35-15-25-28-24(16-36-25)27(32)30-23-7-5-4-6-22(23)29-26(31)18-12-20(33-2)14-21(13-18)34-3/h8-14,16,22-23H,4-7,15H2,1-3H3,(H,29,31)(H,30,32)/t22-,23-/m1/s1. The molecular weight excluding hydrogens is 478 g/mol. The number of benzene rings is 2. The second-order valence-corrected chi connectivity index (χ2v) is 9.72. The summed E-state index contributed by atoms with van der Waals surface area (Å²) in [4.78, 5) is 30.4. The molecule has 0 saturated heterocycles. The van der Waals surface area contributed by atoms with Gasteiger partial charge in [-0.1, -0.05) is 30.5 Å². The summed E-state index contributed by atoms with van der Waals surface area (Å²) in [5.74, 6) is 1.36. The summed E-state index contributed by atoms with van der Waals surface area (Å²) in [5.41, 5.74) is 1.96. The van der Waals surface area contributed by atoms with Gasteiger partial charge in [0.05, 0.1) is 14.2 Å². The molecule has 2 amide bonds. The van der Waals surface area contributed by atoms with E-state index in [1.165, 1.54) is 11.3 Å². The van der Waals surface area contributed by atoms with Crippen molar-refractivity contribution in [1.82, 2.24) is 15.6 Å². The minimum atomic E-state index is -0.248. The third kappa shape index (κ3) is 6.54. The summed E-state index contributed by atoms with van der Waals surface area (Å²) in [6, 6.07) is 12.5. The molecule has 8 nitrogen and oxygen atoms in total. The van der Waals surface area contributed by atoms with Crippen molar-refractivity contribution in [3.63, 3.8) is 0 Å². The average molecular weight is 510 g/mol. The number of nitrogens with zero attached hydrogens (tertiary/aromatic N) is 1. The fourth-order valence-corrected chi connectivity index (χ4v) is 4.86. The lowest BCUT2D eigenvalue weighted by molar-refractivity contribution is 0.0860. The SMILES string of the molecule is COc1cc(OC)cc(C(=O)N[C@@H]2CCCC[C@H]2NC(=O)c2csc(COc3ccc(C)cc3)n2)c1.